The summed E-state index contributed by atoms with van der Waals surface area (Å²) >= 11 is 5.80. The second-order valence-corrected chi connectivity index (χ2v) is 3.85. The Bertz CT molecular complexity index is 352. The van der Waals surface area contributed by atoms with Gasteiger partial charge in [-0.2, -0.15) is 0 Å². The summed E-state index contributed by atoms with van der Waals surface area (Å²) in [5.41, 5.74) is 0.719. The summed E-state index contributed by atoms with van der Waals surface area (Å²) in [6.45, 7) is 2.12. The molecule has 1 atom stereocenters. The SMILES string of the molecule is CCOC(=O)CCC(O)c1cccc(Cl)c1. The summed E-state index contributed by atoms with van der Waals surface area (Å²) in [5.74, 6) is -0.288. The summed E-state index contributed by atoms with van der Waals surface area (Å²) in [5, 5.41) is 10.4. The van der Waals surface area contributed by atoms with Crippen LogP contribution >= 0.6 is 11.6 Å². The lowest BCUT2D eigenvalue weighted by Gasteiger charge is -2.10. The van der Waals surface area contributed by atoms with Crippen LogP contribution in [-0.4, -0.2) is 17.7 Å². The number of hydrogen-bond acceptors (Lipinski definition) is 3. The lowest BCUT2D eigenvalue weighted by Crippen LogP contribution is -2.07. The van der Waals surface area contributed by atoms with Gasteiger partial charge >= 0.3 is 5.97 Å². The average molecular weight is 243 g/mol. The number of esters is 1. The van der Waals surface area contributed by atoms with Crippen LogP contribution in [0.25, 0.3) is 0 Å². The molecule has 0 saturated heterocycles. The monoisotopic (exact) mass is 242 g/mol. The second kappa shape index (κ2) is 6.51. The molecular weight excluding hydrogens is 228 g/mol. The van der Waals surface area contributed by atoms with E-state index < -0.39 is 6.10 Å². The smallest absolute Gasteiger partial charge is 0.305 e. The van der Waals surface area contributed by atoms with Gasteiger partial charge in [0.1, 0.15) is 0 Å². The molecule has 1 aromatic rings. The minimum atomic E-state index is -0.678. The summed E-state index contributed by atoms with van der Waals surface area (Å²) in [6, 6.07) is 6.98. The molecule has 0 radical (unpaired) electrons. The molecule has 0 bridgehead atoms. The van der Waals surface area contributed by atoms with Crippen molar-refractivity contribution in [3.8, 4) is 0 Å². The van der Waals surface area contributed by atoms with Crippen LogP contribution in [0.5, 0.6) is 0 Å². The van der Waals surface area contributed by atoms with Crippen molar-refractivity contribution >= 4 is 17.6 Å². The number of halogens is 1. The van der Waals surface area contributed by atoms with Crippen molar-refractivity contribution in [1.29, 1.82) is 0 Å². The van der Waals surface area contributed by atoms with Crippen molar-refractivity contribution in [3.05, 3.63) is 34.9 Å². The number of aliphatic hydroxyl groups excluding tert-OH is 1. The fourth-order valence-corrected chi connectivity index (χ4v) is 1.57. The van der Waals surface area contributed by atoms with Crippen LogP contribution in [0.2, 0.25) is 5.02 Å². The number of benzene rings is 1. The summed E-state index contributed by atoms with van der Waals surface area (Å²) in [7, 11) is 0. The Kier molecular flexibility index (Phi) is 5.29. The van der Waals surface area contributed by atoms with Gasteiger partial charge in [-0.05, 0) is 31.0 Å². The molecule has 3 nitrogen and oxygen atoms in total. The van der Waals surface area contributed by atoms with Gasteiger partial charge in [0.2, 0.25) is 0 Å². The van der Waals surface area contributed by atoms with Gasteiger partial charge in [-0.25, -0.2) is 0 Å². The molecule has 1 unspecified atom stereocenters. The van der Waals surface area contributed by atoms with E-state index in [-0.39, 0.29) is 12.4 Å². The molecule has 1 aromatic carbocycles. The molecule has 0 amide bonds. The first-order valence-corrected chi connectivity index (χ1v) is 5.60. The number of carbonyl (C=O) groups is 1. The molecule has 0 aromatic heterocycles. The Morgan fingerprint density at radius 1 is 1.56 bits per heavy atom. The first kappa shape index (κ1) is 13.0. The zero-order valence-corrected chi connectivity index (χ0v) is 9.91. The van der Waals surface area contributed by atoms with Crippen LogP contribution < -0.4 is 0 Å². The minimum absolute atomic E-state index is 0.210. The van der Waals surface area contributed by atoms with Crippen LogP contribution in [0, 0.1) is 0 Å². The van der Waals surface area contributed by atoms with Gasteiger partial charge in [0.15, 0.2) is 0 Å². The number of aliphatic hydroxyl groups is 1. The standard InChI is InChI=1S/C12H15ClO3/c1-2-16-12(15)7-6-11(14)9-4-3-5-10(13)8-9/h3-5,8,11,14H,2,6-7H2,1H3. The molecule has 16 heavy (non-hydrogen) atoms. The van der Waals surface area contributed by atoms with E-state index >= 15 is 0 Å². The average Bonchev–Trinajstić information content (AvgIpc) is 2.26. The van der Waals surface area contributed by atoms with E-state index in [1.165, 1.54) is 0 Å². The first-order chi connectivity index (χ1) is 7.63. The maximum absolute atomic E-state index is 11.1. The third-order valence-corrected chi connectivity index (χ3v) is 2.40. The van der Waals surface area contributed by atoms with Gasteiger partial charge < -0.3 is 9.84 Å². The highest BCUT2D eigenvalue weighted by atomic mass is 35.5. The largest absolute Gasteiger partial charge is 0.466 e. The Labute approximate surface area is 100.0 Å². The quantitative estimate of drug-likeness (QED) is 0.808. The fraction of sp³-hybridized carbons (Fsp3) is 0.417. The van der Waals surface area contributed by atoms with Gasteiger partial charge in [0.05, 0.1) is 12.7 Å². The molecule has 0 aliphatic heterocycles. The number of hydrogen-bond donors (Lipinski definition) is 1. The topological polar surface area (TPSA) is 46.5 Å². The van der Waals surface area contributed by atoms with Crippen LogP contribution in [0.3, 0.4) is 0 Å². The predicted octanol–water partition coefficient (Wildman–Crippen LogP) is 2.72. The highest BCUT2D eigenvalue weighted by Crippen LogP contribution is 2.21. The molecule has 0 saturated carbocycles. The zero-order chi connectivity index (χ0) is 12.0. The van der Waals surface area contributed by atoms with Crippen molar-refractivity contribution in [2.45, 2.75) is 25.9 Å². The zero-order valence-electron chi connectivity index (χ0n) is 9.15. The van der Waals surface area contributed by atoms with E-state index in [0.29, 0.717) is 18.1 Å². The molecule has 1 N–H and O–H groups in total. The Balaban J connectivity index is 2.46. The van der Waals surface area contributed by atoms with Crippen LogP contribution in [0.4, 0.5) is 0 Å². The van der Waals surface area contributed by atoms with Gasteiger partial charge in [-0.1, -0.05) is 23.7 Å². The molecule has 4 heteroatoms. The molecule has 0 aliphatic rings. The predicted molar refractivity (Wildman–Crippen MR) is 62.3 cm³/mol. The molecule has 0 aliphatic carbocycles. The lowest BCUT2D eigenvalue weighted by molar-refractivity contribution is -0.143. The fourth-order valence-electron chi connectivity index (χ4n) is 1.37. The summed E-state index contributed by atoms with van der Waals surface area (Å²) < 4.78 is 4.78. The van der Waals surface area contributed by atoms with Crippen molar-refractivity contribution in [3.63, 3.8) is 0 Å². The van der Waals surface area contributed by atoms with Gasteiger partial charge in [0, 0.05) is 11.4 Å². The Morgan fingerprint density at radius 2 is 2.31 bits per heavy atom. The maximum Gasteiger partial charge on any atom is 0.305 e. The molecule has 0 spiro atoms. The Hall–Kier alpha value is -1.06. The molecule has 88 valence electrons. The molecular formula is C12H15ClO3. The van der Waals surface area contributed by atoms with Crippen molar-refractivity contribution in [1.82, 2.24) is 0 Å². The van der Waals surface area contributed by atoms with Crippen LogP contribution in [0.15, 0.2) is 24.3 Å². The van der Waals surface area contributed by atoms with E-state index in [1.54, 1.807) is 31.2 Å². The second-order valence-electron chi connectivity index (χ2n) is 3.41. The third kappa shape index (κ3) is 4.21. The summed E-state index contributed by atoms with van der Waals surface area (Å²) in [4.78, 5) is 11.1. The van der Waals surface area contributed by atoms with Crippen molar-refractivity contribution in [2.75, 3.05) is 6.61 Å². The highest BCUT2D eigenvalue weighted by molar-refractivity contribution is 6.30. The molecule has 0 heterocycles. The van der Waals surface area contributed by atoms with Gasteiger partial charge in [0.25, 0.3) is 0 Å². The Morgan fingerprint density at radius 3 is 2.94 bits per heavy atom. The van der Waals surface area contributed by atoms with Gasteiger partial charge in [-0.15, -0.1) is 0 Å². The maximum atomic E-state index is 11.1. The van der Waals surface area contributed by atoms with E-state index in [2.05, 4.69) is 0 Å². The van der Waals surface area contributed by atoms with Gasteiger partial charge in [-0.3, -0.25) is 4.79 Å². The van der Waals surface area contributed by atoms with E-state index in [1.807, 2.05) is 0 Å². The third-order valence-electron chi connectivity index (χ3n) is 2.16. The summed E-state index contributed by atoms with van der Waals surface area (Å²) in [6.07, 6.45) is -0.121. The van der Waals surface area contributed by atoms with E-state index in [9.17, 15) is 9.90 Å². The lowest BCUT2D eigenvalue weighted by atomic mass is 10.1. The van der Waals surface area contributed by atoms with E-state index in [0.717, 1.165) is 5.56 Å². The van der Waals surface area contributed by atoms with Crippen molar-refractivity contribution < 1.29 is 14.6 Å². The molecule has 0 fully saturated rings. The first-order valence-electron chi connectivity index (χ1n) is 5.22. The van der Waals surface area contributed by atoms with Crippen LogP contribution in [-0.2, 0) is 9.53 Å². The van der Waals surface area contributed by atoms with E-state index in [4.69, 9.17) is 16.3 Å². The molecule has 1 rings (SSSR count). The number of rotatable bonds is 5. The van der Waals surface area contributed by atoms with Crippen LogP contribution in [0.1, 0.15) is 31.4 Å². The highest BCUT2D eigenvalue weighted by Gasteiger charge is 2.11. The van der Waals surface area contributed by atoms with Crippen molar-refractivity contribution in [2.24, 2.45) is 0 Å². The normalized spacial score (nSPS) is 12.2. The number of ether oxygens (including phenoxy) is 1. The number of carbonyl (C=O) groups excluding carboxylic acids is 1. The minimum Gasteiger partial charge on any atom is -0.466 e.